The Morgan fingerprint density at radius 2 is 1.63 bits per heavy atom. The number of alkyl halides is 2. The van der Waals surface area contributed by atoms with Gasteiger partial charge in [-0.3, -0.25) is 4.72 Å². The number of hydrogen-bond acceptors (Lipinski definition) is 7. The fourth-order valence-electron chi connectivity index (χ4n) is 5.44. The number of anilines is 3. The van der Waals surface area contributed by atoms with Gasteiger partial charge >= 0.3 is 0 Å². The average Bonchev–Trinajstić information content (AvgIpc) is 3.44. The number of rotatable bonds is 6. The third kappa shape index (κ3) is 5.31. The first-order chi connectivity index (χ1) is 18.1. The smallest absolute Gasteiger partial charge is 0.251 e. The van der Waals surface area contributed by atoms with Crippen molar-refractivity contribution in [2.45, 2.75) is 44.4 Å². The van der Waals surface area contributed by atoms with Crippen molar-refractivity contribution in [3.8, 4) is 17.1 Å². The highest BCUT2D eigenvalue weighted by molar-refractivity contribution is 7.92. The predicted octanol–water partition coefficient (Wildman–Crippen LogP) is 4.32. The molecule has 9 nitrogen and oxygen atoms in total. The number of piperidine rings is 2. The minimum Gasteiger partial charge on any atom is -0.370 e. The van der Waals surface area contributed by atoms with E-state index in [2.05, 4.69) is 24.7 Å². The van der Waals surface area contributed by atoms with Gasteiger partial charge in [0.25, 0.3) is 5.92 Å². The Morgan fingerprint density at radius 1 is 0.921 bits per heavy atom. The van der Waals surface area contributed by atoms with Crippen LogP contribution in [0.25, 0.3) is 17.1 Å². The van der Waals surface area contributed by atoms with Crippen molar-refractivity contribution in [1.29, 1.82) is 0 Å². The molecule has 1 saturated carbocycles. The van der Waals surface area contributed by atoms with Gasteiger partial charge in [0.05, 0.1) is 35.1 Å². The van der Waals surface area contributed by atoms with Gasteiger partial charge in [0, 0.05) is 51.4 Å². The van der Waals surface area contributed by atoms with Crippen LogP contribution in [0.3, 0.4) is 0 Å². The Hall–Kier alpha value is -3.28. The summed E-state index contributed by atoms with van der Waals surface area (Å²) in [6.07, 6.45) is 10.8. The van der Waals surface area contributed by atoms with E-state index in [0.717, 1.165) is 43.6 Å². The molecule has 0 radical (unpaired) electrons. The SMILES string of the molecule is CS(=O)(=O)Nc1ccc(-n2cc(-c3nccc(N4CCC(F)(F)CC4)n3)cn2)c(N2CCC3(CC2)CC3)c1. The molecule has 1 aliphatic carbocycles. The molecule has 1 spiro atoms. The number of nitrogens with zero attached hydrogens (tertiary/aromatic N) is 6. The molecule has 3 aliphatic rings. The number of nitrogens with one attached hydrogen (secondary N) is 1. The lowest BCUT2D eigenvalue weighted by atomic mass is 9.93. The molecule has 1 aromatic carbocycles. The normalized spacial score (nSPS) is 20.5. The summed E-state index contributed by atoms with van der Waals surface area (Å²) >= 11 is 0. The monoisotopic (exact) mass is 543 g/mol. The van der Waals surface area contributed by atoms with Gasteiger partial charge in [0.1, 0.15) is 5.82 Å². The van der Waals surface area contributed by atoms with Crippen molar-refractivity contribution in [3.63, 3.8) is 0 Å². The van der Waals surface area contributed by atoms with Gasteiger partial charge in [-0.15, -0.1) is 0 Å². The second kappa shape index (κ2) is 9.18. The Kier molecular flexibility index (Phi) is 6.04. The first kappa shape index (κ1) is 25.0. The summed E-state index contributed by atoms with van der Waals surface area (Å²) in [6.45, 7) is 2.31. The Bertz CT molecular complexity index is 1440. The van der Waals surface area contributed by atoms with Crippen LogP contribution in [0.1, 0.15) is 38.5 Å². The maximum atomic E-state index is 13.6. The number of halogens is 2. The lowest BCUT2D eigenvalue weighted by Crippen LogP contribution is -2.39. The molecule has 0 bridgehead atoms. The molecule has 3 aromatic rings. The first-order valence-electron chi connectivity index (χ1n) is 13.0. The molecule has 1 N–H and O–H groups in total. The molecular formula is C26H31F2N7O2S. The maximum absolute atomic E-state index is 13.6. The van der Waals surface area contributed by atoms with Crippen LogP contribution in [-0.2, 0) is 10.0 Å². The third-order valence-electron chi connectivity index (χ3n) is 7.95. The van der Waals surface area contributed by atoms with Crippen LogP contribution >= 0.6 is 0 Å². The van der Waals surface area contributed by atoms with Crippen LogP contribution in [-0.4, -0.2) is 66.5 Å². The summed E-state index contributed by atoms with van der Waals surface area (Å²) in [5.41, 5.74) is 3.46. The van der Waals surface area contributed by atoms with Crippen molar-refractivity contribution >= 4 is 27.2 Å². The number of aromatic nitrogens is 4. The van der Waals surface area contributed by atoms with Gasteiger partial charge < -0.3 is 9.80 Å². The lowest BCUT2D eigenvalue weighted by molar-refractivity contribution is -0.0221. The zero-order valence-electron chi connectivity index (χ0n) is 21.3. The number of sulfonamides is 1. The van der Waals surface area contributed by atoms with Gasteiger partial charge in [0.2, 0.25) is 10.0 Å². The molecule has 0 unspecified atom stereocenters. The van der Waals surface area contributed by atoms with Crippen molar-refractivity contribution < 1.29 is 17.2 Å². The molecule has 38 heavy (non-hydrogen) atoms. The van der Waals surface area contributed by atoms with E-state index in [1.165, 1.54) is 12.8 Å². The quantitative estimate of drug-likeness (QED) is 0.495. The van der Waals surface area contributed by atoms with E-state index in [1.807, 2.05) is 23.2 Å². The minimum atomic E-state index is -3.42. The Balaban J connectivity index is 1.28. The van der Waals surface area contributed by atoms with E-state index in [4.69, 9.17) is 0 Å². The van der Waals surface area contributed by atoms with Gasteiger partial charge in [-0.05, 0) is 55.4 Å². The van der Waals surface area contributed by atoms with Crippen LogP contribution in [0.4, 0.5) is 26.0 Å². The van der Waals surface area contributed by atoms with E-state index in [9.17, 15) is 17.2 Å². The van der Waals surface area contributed by atoms with E-state index in [0.29, 0.717) is 28.3 Å². The van der Waals surface area contributed by atoms with E-state index in [1.54, 1.807) is 29.2 Å². The molecule has 2 aliphatic heterocycles. The van der Waals surface area contributed by atoms with Gasteiger partial charge in [-0.1, -0.05) is 0 Å². The van der Waals surface area contributed by atoms with Crippen LogP contribution < -0.4 is 14.5 Å². The van der Waals surface area contributed by atoms with Crippen molar-refractivity contribution in [3.05, 3.63) is 42.9 Å². The average molecular weight is 544 g/mol. The molecule has 6 rings (SSSR count). The molecule has 0 amide bonds. The summed E-state index contributed by atoms with van der Waals surface area (Å²) in [7, 11) is -3.42. The highest BCUT2D eigenvalue weighted by atomic mass is 32.2. The highest BCUT2D eigenvalue weighted by Gasteiger charge is 2.44. The summed E-state index contributed by atoms with van der Waals surface area (Å²) in [5.74, 6) is -1.53. The molecule has 12 heteroatoms. The third-order valence-corrected chi connectivity index (χ3v) is 8.55. The fraction of sp³-hybridized carbons (Fsp3) is 0.500. The second-order valence-electron chi connectivity index (χ2n) is 10.8. The van der Waals surface area contributed by atoms with Gasteiger partial charge in [-0.2, -0.15) is 5.10 Å². The zero-order valence-corrected chi connectivity index (χ0v) is 22.1. The van der Waals surface area contributed by atoms with E-state index >= 15 is 0 Å². The molecule has 0 atom stereocenters. The molecule has 2 saturated heterocycles. The summed E-state index contributed by atoms with van der Waals surface area (Å²) in [5, 5.41) is 4.58. The predicted molar refractivity (Wildman–Crippen MR) is 143 cm³/mol. The van der Waals surface area contributed by atoms with Gasteiger partial charge in [0.15, 0.2) is 5.82 Å². The summed E-state index contributed by atoms with van der Waals surface area (Å²) < 4.78 is 55.3. The van der Waals surface area contributed by atoms with E-state index < -0.39 is 15.9 Å². The fourth-order valence-corrected chi connectivity index (χ4v) is 6.00. The van der Waals surface area contributed by atoms with Gasteiger partial charge in [-0.25, -0.2) is 31.8 Å². The maximum Gasteiger partial charge on any atom is 0.251 e. The molecule has 3 fully saturated rings. The molecular weight excluding hydrogens is 512 g/mol. The Morgan fingerprint density at radius 3 is 2.32 bits per heavy atom. The topological polar surface area (TPSA) is 96.2 Å². The second-order valence-corrected chi connectivity index (χ2v) is 12.6. The zero-order chi connectivity index (χ0) is 26.5. The van der Waals surface area contributed by atoms with Crippen molar-refractivity contribution in [2.24, 2.45) is 5.41 Å². The van der Waals surface area contributed by atoms with Crippen LogP contribution in [0.15, 0.2) is 42.9 Å². The largest absolute Gasteiger partial charge is 0.370 e. The standard InChI is InChI=1S/C26H31F2N7O2S/c1-38(36,37)32-20-2-3-21(22(16-20)33-12-7-25(5-6-25)8-13-33)35-18-19(17-30-35)24-29-11-4-23(31-24)34-14-9-26(27,28)10-15-34/h2-4,11,16-18,32H,5-10,12-15H2,1H3. The lowest BCUT2D eigenvalue weighted by Gasteiger charge is -2.35. The number of hydrogen-bond donors (Lipinski definition) is 1. The van der Waals surface area contributed by atoms with Crippen LogP contribution in [0.2, 0.25) is 0 Å². The van der Waals surface area contributed by atoms with E-state index in [-0.39, 0.29) is 25.9 Å². The highest BCUT2D eigenvalue weighted by Crippen LogP contribution is 2.54. The van der Waals surface area contributed by atoms with Crippen LogP contribution in [0, 0.1) is 5.41 Å². The molecule has 2 aromatic heterocycles. The Labute approximate surface area is 220 Å². The van der Waals surface area contributed by atoms with Crippen molar-refractivity contribution in [1.82, 2.24) is 19.7 Å². The molecule has 202 valence electrons. The first-order valence-corrected chi connectivity index (χ1v) is 14.9. The minimum absolute atomic E-state index is 0.186. The van der Waals surface area contributed by atoms with Crippen molar-refractivity contribution in [2.75, 3.05) is 47.0 Å². The number of benzene rings is 1. The summed E-state index contributed by atoms with van der Waals surface area (Å²) in [4.78, 5) is 13.2. The molecule has 4 heterocycles. The van der Waals surface area contributed by atoms with Crippen LogP contribution in [0.5, 0.6) is 0 Å². The summed E-state index contributed by atoms with van der Waals surface area (Å²) in [6, 6.07) is 7.21.